The Balaban J connectivity index is 2.32. The van der Waals surface area contributed by atoms with Crippen LogP contribution in [0.1, 0.15) is 24.1 Å². The van der Waals surface area contributed by atoms with Crippen molar-refractivity contribution in [1.82, 2.24) is 5.32 Å². The molecule has 0 fully saturated rings. The van der Waals surface area contributed by atoms with Gasteiger partial charge in [0, 0.05) is 20.6 Å². The molecule has 1 N–H and O–H groups in total. The number of benzene rings is 2. The molecule has 0 saturated heterocycles. The topological polar surface area (TPSA) is 12.0 Å². The molecule has 0 aliphatic carbocycles. The first-order valence-electron chi connectivity index (χ1n) is 6.63. The van der Waals surface area contributed by atoms with Crippen LogP contribution in [0.5, 0.6) is 0 Å². The second-order valence-corrected chi connectivity index (χ2v) is 6.48. The maximum absolute atomic E-state index is 14.0. The number of rotatable bonds is 5. The molecule has 0 amide bonds. The van der Waals surface area contributed by atoms with E-state index in [4.69, 9.17) is 23.2 Å². The summed E-state index contributed by atoms with van der Waals surface area (Å²) in [6, 6.07) is 10.3. The summed E-state index contributed by atoms with van der Waals surface area (Å²) in [4.78, 5) is 0. The predicted octanol–water partition coefficient (Wildman–Crippen LogP) is 5.79. The van der Waals surface area contributed by atoms with Gasteiger partial charge in [0.15, 0.2) is 0 Å². The molecule has 112 valence electrons. The summed E-state index contributed by atoms with van der Waals surface area (Å²) in [7, 11) is 0. The van der Waals surface area contributed by atoms with Crippen molar-refractivity contribution in [2.45, 2.75) is 19.4 Å². The van der Waals surface area contributed by atoms with Crippen LogP contribution in [0.4, 0.5) is 4.39 Å². The highest BCUT2D eigenvalue weighted by molar-refractivity contribution is 9.10. The van der Waals surface area contributed by atoms with Crippen molar-refractivity contribution in [2.24, 2.45) is 0 Å². The molecule has 0 aliphatic heterocycles. The monoisotopic (exact) mass is 389 g/mol. The summed E-state index contributed by atoms with van der Waals surface area (Å²) in [5.41, 5.74) is 1.52. The van der Waals surface area contributed by atoms with Gasteiger partial charge in [0.25, 0.3) is 0 Å². The van der Waals surface area contributed by atoms with Crippen molar-refractivity contribution >= 4 is 39.1 Å². The third-order valence-corrected chi connectivity index (χ3v) is 4.30. The Bertz CT molecular complexity index is 634. The van der Waals surface area contributed by atoms with Crippen LogP contribution in [-0.4, -0.2) is 6.54 Å². The Morgan fingerprint density at radius 2 is 1.95 bits per heavy atom. The van der Waals surface area contributed by atoms with E-state index >= 15 is 0 Å². The van der Waals surface area contributed by atoms with Gasteiger partial charge in [-0.25, -0.2) is 4.39 Å². The van der Waals surface area contributed by atoms with Gasteiger partial charge in [0.1, 0.15) is 5.82 Å². The molecule has 0 spiro atoms. The fraction of sp³-hybridized carbons (Fsp3) is 0.250. The number of hydrogen-bond donors (Lipinski definition) is 1. The van der Waals surface area contributed by atoms with Crippen LogP contribution >= 0.6 is 39.1 Å². The molecule has 0 aliphatic rings. The number of likely N-dealkylation sites (N-methyl/N-ethyl adjacent to an activating group) is 1. The van der Waals surface area contributed by atoms with Crippen LogP contribution in [0.2, 0.25) is 10.0 Å². The molecule has 1 unspecified atom stereocenters. The van der Waals surface area contributed by atoms with E-state index in [9.17, 15) is 4.39 Å². The van der Waals surface area contributed by atoms with Gasteiger partial charge in [-0.2, -0.15) is 0 Å². The van der Waals surface area contributed by atoms with Gasteiger partial charge in [-0.3, -0.25) is 0 Å². The zero-order chi connectivity index (χ0) is 15.4. The molecule has 0 aromatic heterocycles. The second-order valence-electron chi connectivity index (χ2n) is 4.72. The number of nitrogens with one attached hydrogen (secondary N) is 1. The summed E-state index contributed by atoms with van der Waals surface area (Å²) in [5.74, 6) is -0.231. The molecule has 0 radical (unpaired) electrons. The second kappa shape index (κ2) is 7.59. The van der Waals surface area contributed by atoms with Crippen molar-refractivity contribution in [3.8, 4) is 0 Å². The maximum atomic E-state index is 14.0. The Morgan fingerprint density at radius 3 is 2.62 bits per heavy atom. The minimum atomic E-state index is -0.231. The predicted molar refractivity (Wildman–Crippen MR) is 90.7 cm³/mol. The van der Waals surface area contributed by atoms with Crippen molar-refractivity contribution in [1.29, 1.82) is 0 Å². The van der Waals surface area contributed by atoms with Crippen LogP contribution < -0.4 is 5.32 Å². The Hall–Kier alpha value is -0.610. The highest BCUT2D eigenvalue weighted by Crippen LogP contribution is 2.29. The highest BCUT2D eigenvalue weighted by Gasteiger charge is 2.17. The summed E-state index contributed by atoms with van der Waals surface area (Å²) in [5, 5.41) is 4.58. The lowest BCUT2D eigenvalue weighted by atomic mass is 9.98. The Morgan fingerprint density at radius 1 is 1.19 bits per heavy atom. The van der Waals surface area contributed by atoms with Crippen LogP contribution in [0.25, 0.3) is 0 Å². The lowest BCUT2D eigenvalue weighted by Gasteiger charge is -2.20. The van der Waals surface area contributed by atoms with Crippen molar-refractivity contribution in [3.05, 3.63) is 67.9 Å². The van der Waals surface area contributed by atoms with Gasteiger partial charge in [0.05, 0.1) is 0 Å². The molecular formula is C16H15BrCl2FN. The molecule has 0 bridgehead atoms. The van der Waals surface area contributed by atoms with E-state index in [2.05, 4.69) is 21.2 Å². The minimum Gasteiger partial charge on any atom is -0.310 e. The van der Waals surface area contributed by atoms with Gasteiger partial charge in [0.2, 0.25) is 0 Å². The summed E-state index contributed by atoms with van der Waals surface area (Å²) < 4.78 is 14.8. The molecule has 21 heavy (non-hydrogen) atoms. The Kier molecular flexibility index (Phi) is 6.06. The van der Waals surface area contributed by atoms with Crippen molar-refractivity contribution < 1.29 is 4.39 Å². The SMILES string of the molecule is CCNC(Cc1ccc(Br)cc1F)c1cc(Cl)ccc1Cl. The van der Waals surface area contributed by atoms with Crippen LogP contribution in [0.15, 0.2) is 40.9 Å². The van der Waals surface area contributed by atoms with Gasteiger partial charge in [-0.15, -0.1) is 0 Å². The van der Waals surface area contributed by atoms with Gasteiger partial charge < -0.3 is 5.32 Å². The van der Waals surface area contributed by atoms with Crippen LogP contribution in [0.3, 0.4) is 0 Å². The fourth-order valence-corrected chi connectivity index (χ4v) is 2.99. The molecule has 1 nitrogen and oxygen atoms in total. The van der Waals surface area contributed by atoms with E-state index in [1.54, 1.807) is 18.2 Å². The summed E-state index contributed by atoms with van der Waals surface area (Å²) in [6.07, 6.45) is 0.507. The van der Waals surface area contributed by atoms with E-state index in [1.165, 1.54) is 6.07 Å². The van der Waals surface area contributed by atoms with Gasteiger partial charge >= 0.3 is 0 Å². The molecule has 1 atom stereocenters. The molecule has 2 aromatic rings. The van der Waals surface area contributed by atoms with E-state index in [0.717, 1.165) is 16.6 Å². The first kappa shape index (κ1) is 16.8. The molecular weight excluding hydrogens is 376 g/mol. The van der Waals surface area contributed by atoms with Crippen molar-refractivity contribution in [2.75, 3.05) is 6.54 Å². The van der Waals surface area contributed by atoms with E-state index in [-0.39, 0.29) is 11.9 Å². The molecule has 0 saturated carbocycles. The average Bonchev–Trinajstić information content (AvgIpc) is 2.44. The third kappa shape index (κ3) is 4.43. The number of halogens is 4. The van der Waals surface area contributed by atoms with E-state index < -0.39 is 0 Å². The van der Waals surface area contributed by atoms with E-state index in [1.807, 2.05) is 19.1 Å². The van der Waals surface area contributed by atoms with Crippen LogP contribution in [0, 0.1) is 5.82 Å². The van der Waals surface area contributed by atoms with Gasteiger partial charge in [-0.05, 0) is 54.4 Å². The third-order valence-electron chi connectivity index (χ3n) is 3.22. The Labute approximate surface area is 142 Å². The smallest absolute Gasteiger partial charge is 0.127 e. The lowest BCUT2D eigenvalue weighted by Crippen LogP contribution is -2.23. The zero-order valence-corrected chi connectivity index (χ0v) is 14.6. The molecule has 5 heteroatoms. The first-order valence-corrected chi connectivity index (χ1v) is 8.18. The van der Waals surface area contributed by atoms with Crippen molar-refractivity contribution in [3.63, 3.8) is 0 Å². The molecule has 0 heterocycles. The number of hydrogen-bond acceptors (Lipinski definition) is 1. The molecule has 2 aromatic carbocycles. The molecule has 2 rings (SSSR count). The van der Waals surface area contributed by atoms with Crippen LogP contribution in [-0.2, 0) is 6.42 Å². The minimum absolute atomic E-state index is 0.0862. The fourth-order valence-electron chi connectivity index (χ4n) is 2.23. The average molecular weight is 391 g/mol. The first-order chi connectivity index (χ1) is 10.0. The normalized spacial score (nSPS) is 12.4. The summed E-state index contributed by atoms with van der Waals surface area (Å²) in [6.45, 7) is 2.76. The van der Waals surface area contributed by atoms with Gasteiger partial charge in [-0.1, -0.05) is 52.1 Å². The standard InChI is InChI=1S/C16H15BrCl2FN/c1-2-21-16(13-9-12(18)5-6-14(13)19)7-10-3-4-11(17)8-15(10)20/h3-6,8-9,16,21H,2,7H2,1H3. The quantitative estimate of drug-likeness (QED) is 0.681. The lowest BCUT2D eigenvalue weighted by molar-refractivity contribution is 0.528. The largest absolute Gasteiger partial charge is 0.310 e. The van der Waals surface area contributed by atoms with E-state index in [0.29, 0.717) is 22.0 Å². The maximum Gasteiger partial charge on any atom is 0.127 e. The summed E-state index contributed by atoms with van der Waals surface area (Å²) >= 11 is 15.6. The zero-order valence-electron chi connectivity index (χ0n) is 11.5. The highest BCUT2D eigenvalue weighted by atomic mass is 79.9.